The Bertz CT molecular complexity index is 227. The molecule has 1 unspecified atom stereocenters. The van der Waals surface area contributed by atoms with Gasteiger partial charge < -0.3 is 9.84 Å². The van der Waals surface area contributed by atoms with Crippen LogP contribution in [0.5, 0.6) is 0 Å². The van der Waals surface area contributed by atoms with Crippen molar-refractivity contribution in [3.05, 3.63) is 0 Å². The van der Waals surface area contributed by atoms with Crippen LogP contribution in [0.15, 0.2) is 0 Å². The molecule has 0 amide bonds. The number of carbonyl (C=O) groups excluding carboxylic acids is 1. The van der Waals surface area contributed by atoms with Gasteiger partial charge in [0.15, 0.2) is 0 Å². The molecule has 0 saturated heterocycles. The van der Waals surface area contributed by atoms with Gasteiger partial charge in [0.25, 0.3) is 0 Å². The predicted octanol–water partition coefficient (Wildman–Crippen LogP) is 1.42. The lowest BCUT2D eigenvalue weighted by molar-refractivity contribution is -0.142. The van der Waals surface area contributed by atoms with Crippen LogP contribution in [-0.2, 0) is 9.53 Å². The van der Waals surface area contributed by atoms with Crippen molar-refractivity contribution >= 4 is 5.97 Å². The maximum Gasteiger partial charge on any atom is 0.319 e. The smallest absolute Gasteiger partial charge is 0.319 e. The number of rotatable bonds is 7. The molecular formula is C13H25NO3. The standard InChI is InChI=1S/C13H25NO3/c1-3-14(10-13(16)17-2)9-12(15)8-11-6-4-5-7-11/h11-12,15H,3-10H2,1-2H3. The molecule has 0 aromatic carbocycles. The molecule has 100 valence electrons. The van der Waals surface area contributed by atoms with Crippen molar-refractivity contribution in [3.63, 3.8) is 0 Å². The maximum atomic E-state index is 11.2. The Kier molecular flexibility index (Phi) is 6.52. The molecule has 1 aliphatic rings. The summed E-state index contributed by atoms with van der Waals surface area (Å²) in [7, 11) is 1.39. The first-order valence-corrected chi connectivity index (χ1v) is 6.63. The largest absolute Gasteiger partial charge is 0.468 e. The van der Waals surface area contributed by atoms with E-state index in [4.69, 9.17) is 0 Å². The second kappa shape index (κ2) is 7.67. The normalized spacial score (nSPS) is 18.6. The van der Waals surface area contributed by atoms with Crippen LogP contribution in [0.2, 0.25) is 0 Å². The molecule has 1 aliphatic carbocycles. The minimum Gasteiger partial charge on any atom is -0.468 e. The Morgan fingerprint density at radius 1 is 1.47 bits per heavy atom. The van der Waals surface area contributed by atoms with E-state index in [1.807, 2.05) is 11.8 Å². The third kappa shape index (κ3) is 5.50. The Balaban J connectivity index is 2.25. The minimum absolute atomic E-state index is 0.236. The highest BCUT2D eigenvalue weighted by Crippen LogP contribution is 2.28. The molecule has 1 saturated carbocycles. The molecule has 1 N–H and O–H groups in total. The summed E-state index contributed by atoms with van der Waals surface area (Å²) in [6, 6.07) is 0. The van der Waals surface area contributed by atoms with Gasteiger partial charge in [-0.3, -0.25) is 9.69 Å². The van der Waals surface area contributed by atoms with E-state index in [1.165, 1.54) is 32.8 Å². The molecule has 4 heteroatoms. The van der Waals surface area contributed by atoms with E-state index in [9.17, 15) is 9.90 Å². The number of ether oxygens (including phenoxy) is 1. The first kappa shape index (κ1) is 14.5. The molecule has 4 nitrogen and oxygen atoms in total. The third-order valence-corrected chi connectivity index (χ3v) is 3.58. The van der Waals surface area contributed by atoms with Gasteiger partial charge in [-0.2, -0.15) is 0 Å². The highest BCUT2D eigenvalue weighted by Gasteiger charge is 2.20. The molecule has 0 radical (unpaired) electrons. The van der Waals surface area contributed by atoms with Gasteiger partial charge in [-0.15, -0.1) is 0 Å². The van der Waals surface area contributed by atoms with Gasteiger partial charge in [0.1, 0.15) is 0 Å². The van der Waals surface area contributed by atoms with E-state index in [-0.39, 0.29) is 18.6 Å². The number of likely N-dealkylation sites (N-methyl/N-ethyl adjacent to an activating group) is 1. The monoisotopic (exact) mass is 243 g/mol. The first-order valence-electron chi connectivity index (χ1n) is 6.63. The number of hydrogen-bond acceptors (Lipinski definition) is 4. The van der Waals surface area contributed by atoms with Crippen molar-refractivity contribution in [3.8, 4) is 0 Å². The SMILES string of the molecule is CCN(CC(=O)OC)CC(O)CC1CCCC1. The molecule has 1 rings (SSSR count). The molecule has 1 fully saturated rings. The predicted molar refractivity (Wildman–Crippen MR) is 66.7 cm³/mol. The zero-order chi connectivity index (χ0) is 12.7. The number of aliphatic hydroxyl groups excluding tert-OH is 1. The van der Waals surface area contributed by atoms with Crippen molar-refractivity contribution in [1.29, 1.82) is 0 Å². The lowest BCUT2D eigenvalue weighted by Crippen LogP contribution is -2.37. The van der Waals surface area contributed by atoms with Crippen LogP contribution in [-0.4, -0.2) is 48.8 Å². The Hall–Kier alpha value is -0.610. The van der Waals surface area contributed by atoms with Gasteiger partial charge in [-0.25, -0.2) is 0 Å². The summed E-state index contributed by atoms with van der Waals surface area (Å²) in [6.45, 7) is 3.60. The first-order chi connectivity index (χ1) is 8.15. The fourth-order valence-electron chi connectivity index (χ4n) is 2.56. The van der Waals surface area contributed by atoms with Crippen LogP contribution in [0.3, 0.4) is 0 Å². The van der Waals surface area contributed by atoms with E-state index in [0.29, 0.717) is 12.5 Å². The molecule has 0 spiro atoms. The van der Waals surface area contributed by atoms with Gasteiger partial charge in [-0.1, -0.05) is 32.6 Å². The summed E-state index contributed by atoms with van der Waals surface area (Å²) in [5.41, 5.74) is 0. The van der Waals surface area contributed by atoms with Crippen LogP contribution in [0, 0.1) is 5.92 Å². The highest BCUT2D eigenvalue weighted by molar-refractivity contribution is 5.71. The van der Waals surface area contributed by atoms with Crippen LogP contribution in [0.1, 0.15) is 39.0 Å². The van der Waals surface area contributed by atoms with Gasteiger partial charge in [0.2, 0.25) is 0 Å². The van der Waals surface area contributed by atoms with Crippen molar-refractivity contribution < 1.29 is 14.6 Å². The van der Waals surface area contributed by atoms with Crippen molar-refractivity contribution in [2.24, 2.45) is 5.92 Å². The summed E-state index contributed by atoms with van der Waals surface area (Å²) in [4.78, 5) is 13.1. The highest BCUT2D eigenvalue weighted by atomic mass is 16.5. The zero-order valence-corrected chi connectivity index (χ0v) is 11.0. The number of hydrogen-bond donors (Lipinski definition) is 1. The summed E-state index contributed by atoms with van der Waals surface area (Å²) in [6.07, 6.45) is 5.66. The third-order valence-electron chi connectivity index (χ3n) is 3.58. The quantitative estimate of drug-likeness (QED) is 0.687. The molecule has 17 heavy (non-hydrogen) atoms. The van der Waals surface area contributed by atoms with E-state index in [0.717, 1.165) is 13.0 Å². The number of esters is 1. The topological polar surface area (TPSA) is 49.8 Å². The van der Waals surface area contributed by atoms with E-state index in [2.05, 4.69) is 4.74 Å². The summed E-state index contributed by atoms with van der Waals surface area (Å²) < 4.78 is 4.64. The summed E-state index contributed by atoms with van der Waals surface area (Å²) >= 11 is 0. The number of nitrogens with zero attached hydrogens (tertiary/aromatic N) is 1. The van der Waals surface area contributed by atoms with Gasteiger partial charge in [-0.05, 0) is 18.9 Å². The Morgan fingerprint density at radius 2 is 2.12 bits per heavy atom. The minimum atomic E-state index is -0.317. The van der Waals surface area contributed by atoms with E-state index >= 15 is 0 Å². The number of carbonyl (C=O) groups is 1. The van der Waals surface area contributed by atoms with Gasteiger partial charge in [0.05, 0.1) is 19.8 Å². The number of methoxy groups -OCH3 is 1. The van der Waals surface area contributed by atoms with Crippen LogP contribution in [0.4, 0.5) is 0 Å². The molecular weight excluding hydrogens is 218 g/mol. The van der Waals surface area contributed by atoms with Crippen molar-refractivity contribution in [2.45, 2.75) is 45.1 Å². The fourth-order valence-corrected chi connectivity index (χ4v) is 2.56. The zero-order valence-electron chi connectivity index (χ0n) is 11.0. The number of aliphatic hydroxyl groups is 1. The fraction of sp³-hybridized carbons (Fsp3) is 0.923. The van der Waals surface area contributed by atoms with E-state index < -0.39 is 0 Å². The average Bonchev–Trinajstić information content (AvgIpc) is 2.80. The van der Waals surface area contributed by atoms with Gasteiger partial charge in [0, 0.05) is 6.54 Å². The van der Waals surface area contributed by atoms with Crippen LogP contribution < -0.4 is 0 Å². The second-order valence-electron chi connectivity index (χ2n) is 4.94. The second-order valence-corrected chi connectivity index (χ2v) is 4.94. The molecule has 0 aromatic heterocycles. The molecule has 0 heterocycles. The van der Waals surface area contributed by atoms with Crippen molar-refractivity contribution in [2.75, 3.05) is 26.7 Å². The molecule has 1 atom stereocenters. The molecule has 0 aliphatic heterocycles. The molecule has 0 aromatic rings. The van der Waals surface area contributed by atoms with E-state index in [1.54, 1.807) is 0 Å². The van der Waals surface area contributed by atoms with Gasteiger partial charge >= 0.3 is 5.97 Å². The average molecular weight is 243 g/mol. The lowest BCUT2D eigenvalue weighted by Gasteiger charge is -2.23. The Morgan fingerprint density at radius 3 is 2.65 bits per heavy atom. The van der Waals surface area contributed by atoms with Crippen LogP contribution >= 0.6 is 0 Å². The lowest BCUT2D eigenvalue weighted by atomic mass is 10.00. The van der Waals surface area contributed by atoms with Crippen molar-refractivity contribution in [1.82, 2.24) is 4.90 Å². The molecule has 0 bridgehead atoms. The summed E-state index contributed by atoms with van der Waals surface area (Å²) in [5.74, 6) is 0.446. The maximum absolute atomic E-state index is 11.2. The summed E-state index contributed by atoms with van der Waals surface area (Å²) in [5, 5.41) is 10.0. The Labute approximate surface area is 104 Å². The van der Waals surface area contributed by atoms with Crippen LogP contribution in [0.25, 0.3) is 0 Å².